The van der Waals surface area contributed by atoms with E-state index in [9.17, 15) is 0 Å². The Balaban J connectivity index is 1.16. The Labute approximate surface area is 337 Å². The topological polar surface area (TPSA) is 47.9 Å². The van der Waals surface area contributed by atoms with Gasteiger partial charge in [0.25, 0.3) is 0 Å². The third kappa shape index (κ3) is 5.57. The van der Waals surface area contributed by atoms with Crippen LogP contribution in [0.4, 0.5) is 0 Å². The van der Waals surface area contributed by atoms with Crippen molar-refractivity contribution in [2.75, 3.05) is 0 Å². The maximum Gasteiger partial charge on any atom is 0.164 e. The summed E-state index contributed by atoms with van der Waals surface area (Å²) in [6, 6.07) is 70.0. The van der Waals surface area contributed by atoms with E-state index in [2.05, 4.69) is 188 Å². The Morgan fingerprint density at radius 2 is 0.707 bits per heavy atom. The zero-order valence-corrected chi connectivity index (χ0v) is 31.5. The smallest absolute Gasteiger partial charge is 0.164 e. The van der Waals surface area contributed by atoms with Crippen molar-refractivity contribution >= 4 is 12.2 Å². The fourth-order valence-electron chi connectivity index (χ4n) is 8.75. The van der Waals surface area contributed by atoms with E-state index in [-0.39, 0.29) is 0 Å². The van der Waals surface area contributed by atoms with E-state index >= 15 is 0 Å². The summed E-state index contributed by atoms with van der Waals surface area (Å²) in [4.78, 5) is 15.8. The molecule has 0 saturated heterocycles. The fraction of sp³-hybridized carbons (Fsp3) is 0.0185. The van der Waals surface area contributed by atoms with Crippen LogP contribution in [0.25, 0.3) is 68.6 Å². The van der Waals surface area contributed by atoms with Crippen LogP contribution in [0.5, 0.6) is 11.5 Å². The summed E-state index contributed by atoms with van der Waals surface area (Å²) in [5, 5.41) is 0. The van der Waals surface area contributed by atoms with Crippen LogP contribution in [0.2, 0.25) is 0 Å². The van der Waals surface area contributed by atoms with Gasteiger partial charge in [-0.2, -0.15) is 0 Å². The molecule has 0 atom stereocenters. The zero-order valence-electron chi connectivity index (χ0n) is 31.5. The van der Waals surface area contributed by atoms with Crippen molar-refractivity contribution in [2.45, 2.75) is 5.41 Å². The molecule has 0 saturated carbocycles. The number of benzene rings is 8. The fourth-order valence-corrected chi connectivity index (χ4v) is 8.75. The lowest BCUT2D eigenvalue weighted by Crippen LogP contribution is -2.35. The second-order valence-corrected chi connectivity index (χ2v) is 14.8. The van der Waals surface area contributed by atoms with Crippen LogP contribution in [0, 0.1) is 0 Å². The van der Waals surface area contributed by atoms with Crippen molar-refractivity contribution in [2.24, 2.45) is 0 Å². The van der Waals surface area contributed by atoms with Crippen LogP contribution in [-0.4, -0.2) is 15.0 Å². The van der Waals surface area contributed by atoms with Crippen LogP contribution in [-0.2, 0) is 5.41 Å². The number of hydrogen-bond donors (Lipinski definition) is 0. The molecule has 0 N–H and O–H groups in total. The molecule has 4 nitrogen and oxygen atoms in total. The summed E-state index contributed by atoms with van der Waals surface area (Å²) in [7, 11) is 0. The number of para-hydroxylation sites is 2. The monoisotopic (exact) mass is 741 g/mol. The summed E-state index contributed by atoms with van der Waals surface area (Å²) in [6.07, 6.45) is 4.48. The summed E-state index contributed by atoms with van der Waals surface area (Å²) in [5.74, 6) is 3.51. The molecule has 0 bridgehead atoms. The molecule has 1 spiro atoms. The molecule has 9 aromatic rings. The number of aromatic nitrogens is 3. The second kappa shape index (κ2) is 13.8. The van der Waals surface area contributed by atoms with Gasteiger partial charge < -0.3 is 4.74 Å². The third-order valence-corrected chi connectivity index (χ3v) is 11.4. The molecule has 2 aliphatic rings. The number of nitrogens with zero attached hydrogens (tertiary/aromatic N) is 3. The van der Waals surface area contributed by atoms with Crippen molar-refractivity contribution < 1.29 is 4.74 Å². The lowest BCUT2D eigenvalue weighted by Gasteiger charge is -2.42. The highest BCUT2D eigenvalue weighted by Gasteiger charge is 2.47. The molecule has 1 aliphatic carbocycles. The number of ether oxygens (including phenoxy) is 1. The Bertz CT molecular complexity index is 2900. The first kappa shape index (κ1) is 33.6. The quantitative estimate of drug-likeness (QED) is 0.176. The van der Waals surface area contributed by atoms with Gasteiger partial charge in [-0.15, -0.1) is 0 Å². The minimum Gasteiger partial charge on any atom is -0.457 e. The second-order valence-electron chi connectivity index (χ2n) is 14.8. The van der Waals surface area contributed by atoms with E-state index in [0.29, 0.717) is 17.5 Å². The van der Waals surface area contributed by atoms with Gasteiger partial charge in [0.1, 0.15) is 11.5 Å². The molecule has 0 fully saturated rings. The third-order valence-electron chi connectivity index (χ3n) is 11.4. The van der Waals surface area contributed by atoms with Gasteiger partial charge in [0.15, 0.2) is 17.5 Å². The van der Waals surface area contributed by atoms with E-state index < -0.39 is 5.41 Å². The van der Waals surface area contributed by atoms with E-state index in [0.717, 1.165) is 78.3 Å². The van der Waals surface area contributed by atoms with Crippen molar-refractivity contribution in [1.82, 2.24) is 15.0 Å². The molecule has 58 heavy (non-hydrogen) atoms. The summed E-state index contributed by atoms with van der Waals surface area (Å²) in [6.45, 7) is 0. The standard InChI is InChI=1S/C54H35N3O/c1-3-15-36(16-4-1)40-20-13-22-42(33-40)51-55-52(43-23-14-21-41(34-43)37-17-5-2-6-18-37)57-53(56-51)44-32-31-39-30-29-38-19-7-8-24-45(38)54(48(39)35-44)46-25-9-11-27-49(46)58-50-28-12-10-26-47(50)54/h1-35H. The number of rotatable bonds is 5. The normalized spacial score (nSPS) is 13.0. The zero-order chi connectivity index (χ0) is 38.5. The average Bonchev–Trinajstić information content (AvgIpc) is 3.44. The Morgan fingerprint density at radius 3 is 1.26 bits per heavy atom. The highest BCUT2D eigenvalue weighted by atomic mass is 16.5. The molecule has 2 heterocycles. The molecule has 1 aromatic heterocycles. The van der Waals surface area contributed by atoms with E-state index in [4.69, 9.17) is 19.7 Å². The van der Waals surface area contributed by atoms with Gasteiger partial charge >= 0.3 is 0 Å². The van der Waals surface area contributed by atoms with Crippen LogP contribution in [0.3, 0.4) is 0 Å². The predicted octanol–water partition coefficient (Wildman–Crippen LogP) is 13.2. The summed E-state index contributed by atoms with van der Waals surface area (Å²) in [5.41, 5.74) is 13.3. The van der Waals surface area contributed by atoms with Gasteiger partial charge in [-0.3, -0.25) is 0 Å². The largest absolute Gasteiger partial charge is 0.457 e. The highest BCUT2D eigenvalue weighted by molar-refractivity contribution is 5.85. The van der Waals surface area contributed by atoms with Gasteiger partial charge in [-0.05, 0) is 74.8 Å². The minimum absolute atomic E-state index is 0.600. The van der Waals surface area contributed by atoms with Crippen molar-refractivity contribution in [3.63, 3.8) is 0 Å². The minimum atomic E-state index is -0.691. The van der Waals surface area contributed by atoms with Crippen LogP contribution < -0.4 is 4.74 Å². The van der Waals surface area contributed by atoms with Crippen LogP contribution in [0.1, 0.15) is 33.4 Å². The molecule has 272 valence electrons. The van der Waals surface area contributed by atoms with E-state index in [1.54, 1.807) is 0 Å². The summed E-state index contributed by atoms with van der Waals surface area (Å²) < 4.78 is 6.65. The molecular formula is C54H35N3O. The van der Waals surface area contributed by atoms with Gasteiger partial charge in [0.05, 0.1) is 5.41 Å². The molecule has 1 aliphatic heterocycles. The average molecular weight is 742 g/mol. The molecule has 8 aromatic carbocycles. The van der Waals surface area contributed by atoms with Crippen molar-refractivity contribution in [3.05, 3.63) is 234 Å². The van der Waals surface area contributed by atoms with Gasteiger partial charge in [0.2, 0.25) is 0 Å². The van der Waals surface area contributed by atoms with Crippen LogP contribution in [0.15, 0.2) is 200 Å². The Hall–Kier alpha value is -7.69. The molecule has 11 rings (SSSR count). The summed E-state index contributed by atoms with van der Waals surface area (Å²) >= 11 is 0. The predicted molar refractivity (Wildman–Crippen MR) is 234 cm³/mol. The first-order chi connectivity index (χ1) is 28.7. The molecule has 0 amide bonds. The lowest BCUT2D eigenvalue weighted by atomic mass is 9.62. The van der Waals surface area contributed by atoms with E-state index in [1.165, 1.54) is 5.56 Å². The molecule has 0 radical (unpaired) electrons. The maximum atomic E-state index is 6.65. The maximum absolute atomic E-state index is 6.65. The van der Waals surface area contributed by atoms with Crippen LogP contribution >= 0.6 is 0 Å². The Kier molecular flexibility index (Phi) is 8.00. The van der Waals surface area contributed by atoms with Gasteiger partial charge in [0, 0.05) is 27.8 Å². The first-order valence-corrected chi connectivity index (χ1v) is 19.6. The first-order valence-electron chi connectivity index (χ1n) is 19.6. The molecule has 0 unspecified atom stereocenters. The SMILES string of the molecule is C1=Cc2ccc(-c3nc(-c4cccc(-c5ccccc5)c4)nc(-c4cccc(-c5ccccc5)c4)n3)cc2C2(c3ccccc31)c1ccccc1Oc1ccccc12. The van der Waals surface area contributed by atoms with Gasteiger partial charge in [-0.25, -0.2) is 15.0 Å². The van der Waals surface area contributed by atoms with E-state index in [1.807, 2.05) is 24.3 Å². The lowest BCUT2D eigenvalue weighted by molar-refractivity contribution is 0.434. The van der Waals surface area contributed by atoms with Crippen molar-refractivity contribution in [1.29, 1.82) is 0 Å². The van der Waals surface area contributed by atoms with Crippen molar-refractivity contribution in [3.8, 4) is 67.9 Å². The Morgan fingerprint density at radius 1 is 0.293 bits per heavy atom. The number of fused-ring (bicyclic) bond motifs is 8. The molecular weight excluding hydrogens is 707 g/mol. The number of hydrogen-bond acceptors (Lipinski definition) is 4. The molecule has 4 heteroatoms. The highest BCUT2D eigenvalue weighted by Crippen LogP contribution is 2.58. The van der Waals surface area contributed by atoms with Gasteiger partial charge in [-0.1, -0.05) is 182 Å².